The first kappa shape index (κ1) is 12.2. The molecule has 2 N–H and O–H groups in total. The predicted molar refractivity (Wildman–Crippen MR) is 66.9 cm³/mol. The third kappa shape index (κ3) is 2.22. The van der Waals surface area contributed by atoms with Gasteiger partial charge >= 0.3 is 6.09 Å². The molecule has 1 aliphatic heterocycles. The molecular weight excluding hydrogens is 238 g/mol. The molecule has 94 valence electrons. The van der Waals surface area contributed by atoms with E-state index in [0.29, 0.717) is 18.3 Å². The van der Waals surface area contributed by atoms with Crippen LogP contribution in [0.5, 0.6) is 0 Å². The van der Waals surface area contributed by atoms with Gasteiger partial charge < -0.3 is 10.5 Å². The average Bonchev–Trinajstić information content (AvgIpc) is 2.54. The molecule has 0 bridgehead atoms. The van der Waals surface area contributed by atoms with Crippen LogP contribution in [0.2, 0.25) is 0 Å². The smallest absolute Gasteiger partial charge is 0.410 e. The van der Waals surface area contributed by atoms with E-state index in [9.17, 15) is 4.79 Å². The summed E-state index contributed by atoms with van der Waals surface area (Å²) in [6, 6.07) is 0. The molecule has 1 aromatic rings. The van der Waals surface area contributed by atoms with Crippen molar-refractivity contribution in [3.8, 4) is 0 Å². The van der Waals surface area contributed by atoms with Crippen LogP contribution in [0.3, 0.4) is 0 Å². The Morgan fingerprint density at radius 2 is 2.35 bits per heavy atom. The number of ether oxygens (including phenoxy) is 1. The van der Waals surface area contributed by atoms with Crippen LogP contribution < -0.4 is 5.73 Å². The van der Waals surface area contributed by atoms with E-state index < -0.39 is 0 Å². The second-order valence-corrected chi connectivity index (χ2v) is 5.81. The number of hydrogen-bond donors (Lipinski definition) is 1. The monoisotopic (exact) mass is 255 g/mol. The standard InChI is InChI=1S/C11H17N3O2S/c1-4-16-10(15)14-6-7-8(5-11(14,2)3)17-9(12)13-7/h4-6H2,1-3H3,(H2,12,13). The van der Waals surface area contributed by atoms with Crippen molar-refractivity contribution in [1.82, 2.24) is 9.88 Å². The minimum atomic E-state index is -0.283. The van der Waals surface area contributed by atoms with Crippen molar-refractivity contribution < 1.29 is 9.53 Å². The number of hydrogen-bond acceptors (Lipinski definition) is 5. The second-order valence-electron chi connectivity index (χ2n) is 4.70. The third-order valence-electron chi connectivity index (χ3n) is 2.91. The van der Waals surface area contributed by atoms with Crippen molar-refractivity contribution in [3.05, 3.63) is 10.6 Å². The molecule has 0 unspecified atom stereocenters. The Morgan fingerprint density at radius 3 is 3.00 bits per heavy atom. The van der Waals surface area contributed by atoms with E-state index in [2.05, 4.69) is 4.98 Å². The lowest BCUT2D eigenvalue weighted by atomic mass is 9.93. The molecule has 1 aliphatic rings. The van der Waals surface area contributed by atoms with Gasteiger partial charge in [0.05, 0.1) is 18.8 Å². The highest BCUT2D eigenvalue weighted by atomic mass is 32.1. The Morgan fingerprint density at radius 1 is 1.65 bits per heavy atom. The lowest BCUT2D eigenvalue weighted by Gasteiger charge is -2.40. The van der Waals surface area contributed by atoms with Crippen molar-refractivity contribution >= 4 is 22.6 Å². The summed E-state index contributed by atoms with van der Waals surface area (Å²) in [6.45, 7) is 6.74. The molecule has 1 aromatic heterocycles. The Bertz CT molecular complexity index is 442. The van der Waals surface area contributed by atoms with Crippen LogP contribution in [0.15, 0.2) is 0 Å². The highest BCUT2D eigenvalue weighted by molar-refractivity contribution is 7.15. The lowest BCUT2D eigenvalue weighted by molar-refractivity contribution is 0.0547. The number of carbonyl (C=O) groups is 1. The fourth-order valence-electron chi connectivity index (χ4n) is 2.03. The van der Waals surface area contributed by atoms with Gasteiger partial charge in [0.25, 0.3) is 0 Å². The second kappa shape index (κ2) is 4.18. The van der Waals surface area contributed by atoms with E-state index in [0.717, 1.165) is 12.1 Å². The number of rotatable bonds is 1. The number of nitrogens with zero attached hydrogens (tertiary/aromatic N) is 2. The van der Waals surface area contributed by atoms with Gasteiger partial charge in [-0.2, -0.15) is 0 Å². The number of aromatic nitrogens is 1. The van der Waals surface area contributed by atoms with Gasteiger partial charge in [0.1, 0.15) is 0 Å². The van der Waals surface area contributed by atoms with Crippen molar-refractivity contribution in [2.45, 2.75) is 39.3 Å². The van der Waals surface area contributed by atoms with Crippen molar-refractivity contribution in [2.75, 3.05) is 12.3 Å². The van der Waals surface area contributed by atoms with Gasteiger partial charge in [0.2, 0.25) is 0 Å². The summed E-state index contributed by atoms with van der Waals surface area (Å²) in [5, 5.41) is 0.566. The van der Waals surface area contributed by atoms with Crippen LogP contribution in [-0.2, 0) is 17.7 Å². The summed E-state index contributed by atoms with van der Waals surface area (Å²) >= 11 is 1.51. The normalized spacial score (nSPS) is 17.7. The Hall–Kier alpha value is -1.30. The van der Waals surface area contributed by atoms with Crippen LogP contribution in [0.4, 0.5) is 9.93 Å². The maximum absolute atomic E-state index is 11.9. The maximum atomic E-state index is 11.9. The number of carbonyl (C=O) groups excluding carboxylic acids is 1. The summed E-state index contributed by atoms with van der Waals surface area (Å²) in [5.41, 5.74) is 6.35. The molecule has 0 aliphatic carbocycles. The summed E-state index contributed by atoms with van der Waals surface area (Å²) in [5.74, 6) is 0. The van der Waals surface area contributed by atoms with Gasteiger partial charge in [-0.15, -0.1) is 11.3 Å². The minimum Gasteiger partial charge on any atom is -0.450 e. The van der Waals surface area contributed by atoms with Crippen LogP contribution in [0, 0.1) is 0 Å². The molecule has 0 fully saturated rings. The number of anilines is 1. The number of nitrogen functional groups attached to an aromatic ring is 1. The zero-order valence-corrected chi connectivity index (χ0v) is 11.1. The SMILES string of the molecule is CCOC(=O)N1Cc2nc(N)sc2CC1(C)C. The molecule has 0 aromatic carbocycles. The Kier molecular flexibility index (Phi) is 2.99. The van der Waals surface area contributed by atoms with Gasteiger partial charge in [-0.3, -0.25) is 4.90 Å². The highest BCUT2D eigenvalue weighted by Crippen LogP contribution is 2.34. The van der Waals surface area contributed by atoms with Gasteiger partial charge in [0, 0.05) is 16.8 Å². The summed E-state index contributed by atoms with van der Waals surface area (Å²) in [7, 11) is 0. The molecule has 17 heavy (non-hydrogen) atoms. The summed E-state index contributed by atoms with van der Waals surface area (Å²) < 4.78 is 5.07. The number of amides is 1. The molecule has 1 amide bonds. The van der Waals surface area contributed by atoms with Crippen molar-refractivity contribution in [3.63, 3.8) is 0 Å². The highest BCUT2D eigenvalue weighted by Gasteiger charge is 2.38. The fraction of sp³-hybridized carbons (Fsp3) is 0.636. The molecule has 2 rings (SSSR count). The molecule has 0 radical (unpaired) electrons. The van der Waals surface area contributed by atoms with Gasteiger partial charge in [-0.25, -0.2) is 9.78 Å². The molecule has 0 saturated carbocycles. The van der Waals surface area contributed by atoms with E-state index in [-0.39, 0.29) is 11.6 Å². The third-order valence-corrected chi connectivity index (χ3v) is 3.84. The van der Waals surface area contributed by atoms with Crippen molar-refractivity contribution in [1.29, 1.82) is 0 Å². The quantitative estimate of drug-likeness (QED) is 0.833. The first-order valence-electron chi connectivity index (χ1n) is 5.62. The first-order valence-corrected chi connectivity index (χ1v) is 6.44. The van der Waals surface area contributed by atoms with E-state index in [1.54, 1.807) is 11.8 Å². The van der Waals surface area contributed by atoms with Gasteiger partial charge in [0.15, 0.2) is 5.13 Å². The van der Waals surface area contributed by atoms with Gasteiger partial charge in [-0.1, -0.05) is 0 Å². The van der Waals surface area contributed by atoms with E-state index in [1.165, 1.54) is 16.2 Å². The zero-order chi connectivity index (χ0) is 12.6. The molecular formula is C11H17N3O2S. The Balaban J connectivity index is 2.27. The largest absolute Gasteiger partial charge is 0.450 e. The summed E-state index contributed by atoms with van der Waals surface area (Å²) in [6.07, 6.45) is 0.491. The number of thiazole rings is 1. The fourth-order valence-corrected chi connectivity index (χ4v) is 3.09. The Labute approximate surface area is 105 Å². The van der Waals surface area contributed by atoms with Crippen LogP contribution >= 0.6 is 11.3 Å². The first-order chi connectivity index (χ1) is 7.94. The van der Waals surface area contributed by atoms with Crippen LogP contribution in [-0.4, -0.2) is 28.1 Å². The average molecular weight is 255 g/mol. The topological polar surface area (TPSA) is 68.5 Å². The van der Waals surface area contributed by atoms with E-state index in [4.69, 9.17) is 10.5 Å². The predicted octanol–water partition coefficient (Wildman–Crippen LogP) is 2.02. The molecule has 0 atom stereocenters. The lowest BCUT2D eigenvalue weighted by Crippen LogP contribution is -2.51. The number of fused-ring (bicyclic) bond motifs is 1. The van der Waals surface area contributed by atoms with Crippen LogP contribution in [0.25, 0.3) is 0 Å². The molecule has 5 nitrogen and oxygen atoms in total. The van der Waals surface area contributed by atoms with Gasteiger partial charge in [-0.05, 0) is 20.8 Å². The molecule has 2 heterocycles. The van der Waals surface area contributed by atoms with Crippen molar-refractivity contribution in [2.24, 2.45) is 0 Å². The maximum Gasteiger partial charge on any atom is 0.410 e. The van der Waals surface area contributed by atoms with E-state index >= 15 is 0 Å². The van der Waals surface area contributed by atoms with Crippen LogP contribution in [0.1, 0.15) is 31.3 Å². The molecule has 0 saturated heterocycles. The molecule has 6 heteroatoms. The summed E-state index contributed by atoms with van der Waals surface area (Å²) in [4.78, 5) is 19.0. The number of nitrogens with two attached hydrogens (primary N) is 1. The molecule has 0 spiro atoms. The zero-order valence-electron chi connectivity index (χ0n) is 10.3. The minimum absolute atomic E-state index is 0.252. The van der Waals surface area contributed by atoms with E-state index in [1.807, 2.05) is 13.8 Å².